The predicted molar refractivity (Wildman–Crippen MR) is 67.7 cm³/mol. The first-order valence-corrected chi connectivity index (χ1v) is 5.44. The normalized spacial score (nSPS) is 10.1. The molecule has 0 aliphatic heterocycles. The third kappa shape index (κ3) is 2.27. The lowest BCUT2D eigenvalue weighted by atomic mass is 10.0. The number of nitro groups is 1. The number of benzene rings is 2. The first-order valence-electron chi connectivity index (χ1n) is 5.44. The number of carbonyl (C=O) groups excluding carboxylic acids is 1. The second kappa shape index (κ2) is 4.79. The lowest BCUT2D eigenvalue weighted by Gasteiger charge is -2.03. The van der Waals surface area contributed by atoms with Crippen molar-refractivity contribution in [2.75, 3.05) is 0 Å². The standard InChI is InChI=1S/C14H11NO3/c1-10-7-8-12(13(9-10)15(17)18)14(16)11-5-3-2-4-6-11/h2-9H,1H3. The van der Waals surface area contributed by atoms with Gasteiger partial charge in [-0.05, 0) is 18.6 Å². The third-order valence-electron chi connectivity index (χ3n) is 2.63. The van der Waals surface area contributed by atoms with Gasteiger partial charge in [0.25, 0.3) is 5.69 Å². The second-order valence-electron chi connectivity index (χ2n) is 3.97. The van der Waals surface area contributed by atoms with Crippen molar-refractivity contribution in [1.29, 1.82) is 0 Å². The molecular weight excluding hydrogens is 230 g/mol. The van der Waals surface area contributed by atoms with E-state index in [1.807, 2.05) is 0 Å². The molecule has 2 aromatic carbocycles. The van der Waals surface area contributed by atoms with Crippen LogP contribution in [-0.2, 0) is 0 Å². The highest BCUT2D eigenvalue weighted by molar-refractivity contribution is 6.11. The number of ketones is 1. The SMILES string of the molecule is Cc1ccc(C(=O)c2ccccc2)c([N+](=O)[O-])c1. The summed E-state index contributed by atoms with van der Waals surface area (Å²) < 4.78 is 0. The second-order valence-corrected chi connectivity index (χ2v) is 3.97. The molecule has 2 rings (SSSR count). The van der Waals surface area contributed by atoms with E-state index in [-0.39, 0.29) is 17.0 Å². The van der Waals surface area contributed by atoms with Crippen molar-refractivity contribution < 1.29 is 9.72 Å². The largest absolute Gasteiger partial charge is 0.288 e. The van der Waals surface area contributed by atoms with E-state index in [9.17, 15) is 14.9 Å². The molecule has 0 bridgehead atoms. The van der Waals surface area contributed by atoms with Crippen LogP contribution in [0.5, 0.6) is 0 Å². The number of nitro benzene ring substituents is 1. The van der Waals surface area contributed by atoms with Gasteiger partial charge in [0.15, 0.2) is 5.78 Å². The summed E-state index contributed by atoms with van der Waals surface area (Å²) in [6, 6.07) is 13.2. The van der Waals surface area contributed by atoms with Gasteiger partial charge in [-0.2, -0.15) is 0 Å². The smallest absolute Gasteiger partial charge is 0.280 e. The quantitative estimate of drug-likeness (QED) is 0.471. The summed E-state index contributed by atoms with van der Waals surface area (Å²) in [6.07, 6.45) is 0. The number of hydrogen-bond acceptors (Lipinski definition) is 3. The van der Waals surface area contributed by atoms with E-state index in [0.717, 1.165) is 5.56 Å². The summed E-state index contributed by atoms with van der Waals surface area (Å²) in [5.74, 6) is -0.331. The zero-order valence-electron chi connectivity index (χ0n) is 9.79. The van der Waals surface area contributed by atoms with Crippen molar-refractivity contribution in [3.05, 3.63) is 75.3 Å². The monoisotopic (exact) mass is 241 g/mol. The molecule has 0 heterocycles. The molecule has 0 aliphatic carbocycles. The van der Waals surface area contributed by atoms with Gasteiger partial charge in [-0.15, -0.1) is 0 Å². The molecule has 18 heavy (non-hydrogen) atoms. The molecule has 0 saturated carbocycles. The van der Waals surface area contributed by atoms with E-state index in [4.69, 9.17) is 0 Å². The molecule has 0 amide bonds. The number of hydrogen-bond donors (Lipinski definition) is 0. The van der Waals surface area contributed by atoms with Crippen LogP contribution in [0.15, 0.2) is 48.5 Å². The van der Waals surface area contributed by atoms with Crippen LogP contribution in [0.3, 0.4) is 0 Å². The summed E-state index contributed by atoms with van der Waals surface area (Å²) >= 11 is 0. The predicted octanol–water partition coefficient (Wildman–Crippen LogP) is 3.13. The molecule has 0 saturated heterocycles. The highest BCUT2D eigenvalue weighted by Crippen LogP contribution is 2.22. The average Bonchev–Trinajstić information content (AvgIpc) is 2.39. The zero-order chi connectivity index (χ0) is 13.1. The lowest BCUT2D eigenvalue weighted by Crippen LogP contribution is -2.05. The molecule has 4 nitrogen and oxygen atoms in total. The molecule has 0 radical (unpaired) electrons. The first kappa shape index (κ1) is 12.0. The van der Waals surface area contributed by atoms with Crippen molar-refractivity contribution in [3.63, 3.8) is 0 Å². The first-order chi connectivity index (χ1) is 8.59. The highest BCUT2D eigenvalue weighted by atomic mass is 16.6. The van der Waals surface area contributed by atoms with Gasteiger partial charge in [-0.25, -0.2) is 0 Å². The minimum absolute atomic E-state index is 0.122. The van der Waals surface area contributed by atoms with Gasteiger partial charge in [-0.1, -0.05) is 36.4 Å². The van der Waals surface area contributed by atoms with E-state index >= 15 is 0 Å². The Morgan fingerprint density at radius 2 is 1.78 bits per heavy atom. The molecule has 0 N–H and O–H groups in total. The van der Waals surface area contributed by atoms with Gasteiger partial charge >= 0.3 is 0 Å². The van der Waals surface area contributed by atoms with Crippen LogP contribution in [0.4, 0.5) is 5.69 Å². The Labute approximate surface area is 104 Å². The highest BCUT2D eigenvalue weighted by Gasteiger charge is 2.20. The number of rotatable bonds is 3. The fourth-order valence-electron chi connectivity index (χ4n) is 1.73. The maximum atomic E-state index is 12.2. The molecule has 90 valence electrons. The van der Waals surface area contributed by atoms with Crippen LogP contribution >= 0.6 is 0 Å². The van der Waals surface area contributed by atoms with E-state index in [1.165, 1.54) is 12.1 Å². The lowest BCUT2D eigenvalue weighted by molar-refractivity contribution is -0.385. The Balaban J connectivity index is 2.52. The summed E-state index contributed by atoms with van der Waals surface area (Å²) in [7, 11) is 0. The van der Waals surface area contributed by atoms with Gasteiger partial charge < -0.3 is 0 Å². The van der Waals surface area contributed by atoms with Crippen LogP contribution in [0.25, 0.3) is 0 Å². The number of nitrogens with zero attached hydrogens (tertiary/aromatic N) is 1. The third-order valence-corrected chi connectivity index (χ3v) is 2.63. The van der Waals surface area contributed by atoms with E-state index in [2.05, 4.69) is 0 Å². The van der Waals surface area contributed by atoms with Gasteiger partial charge in [0.05, 0.1) is 4.92 Å². The van der Waals surface area contributed by atoms with Gasteiger partial charge in [0.2, 0.25) is 0 Å². The summed E-state index contributed by atoms with van der Waals surface area (Å²) in [5, 5.41) is 11.0. The van der Waals surface area contributed by atoms with E-state index in [0.29, 0.717) is 5.56 Å². The van der Waals surface area contributed by atoms with E-state index in [1.54, 1.807) is 43.3 Å². The minimum Gasteiger partial charge on any atom is -0.288 e. The molecule has 0 aliphatic rings. The Morgan fingerprint density at radius 1 is 1.11 bits per heavy atom. The fourth-order valence-corrected chi connectivity index (χ4v) is 1.73. The average molecular weight is 241 g/mol. The molecule has 4 heteroatoms. The molecule has 2 aromatic rings. The summed E-state index contributed by atoms with van der Waals surface area (Å²) in [5.41, 5.74) is 1.18. The Bertz CT molecular complexity index is 606. The summed E-state index contributed by atoms with van der Waals surface area (Å²) in [4.78, 5) is 22.6. The number of aryl methyl sites for hydroxylation is 1. The number of carbonyl (C=O) groups is 1. The van der Waals surface area contributed by atoms with Crippen molar-refractivity contribution in [3.8, 4) is 0 Å². The van der Waals surface area contributed by atoms with Crippen LogP contribution in [0.1, 0.15) is 21.5 Å². The van der Waals surface area contributed by atoms with Gasteiger partial charge in [-0.3, -0.25) is 14.9 Å². The van der Waals surface area contributed by atoms with Crippen molar-refractivity contribution in [2.45, 2.75) is 6.92 Å². The maximum Gasteiger partial charge on any atom is 0.280 e. The molecule has 0 spiro atoms. The minimum atomic E-state index is -0.525. The van der Waals surface area contributed by atoms with Crippen LogP contribution in [-0.4, -0.2) is 10.7 Å². The van der Waals surface area contributed by atoms with Gasteiger partial charge in [0, 0.05) is 11.6 Å². The molecular formula is C14H11NO3. The Hall–Kier alpha value is -2.49. The van der Waals surface area contributed by atoms with Crippen molar-refractivity contribution in [1.82, 2.24) is 0 Å². The fraction of sp³-hybridized carbons (Fsp3) is 0.0714. The molecule has 0 unspecified atom stereocenters. The van der Waals surface area contributed by atoms with Crippen LogP contribution in [0.2, 0.25) is 0 Å². The zero-order valence-corrected chi connectivity index (χ0v) is 9.79. The van der Waals surface area contributed by atoms with Crippen molar-refractivity contribution >= 4 is 11.5 Å². The Kier molecular flexibility index (Phi) is 3.19. The summed E-state index contributed by atoms with van der Waals surface area (Å²) in [6.45, 7) is 1.75. The Morgan fingerprint density at radius 3 is 2.39 bits per heavy atom. The molecule has 0 aromatic heterocycles. The topological polar surface area (TPSA) is 60.2 Å². The molecule has 0 atom stereocenters. The van der Waals surface area contributed by atoms with Gasteiger partial charge in [0.1, 0.15) is 5.56 Å². The molecule has 0 fully saturated rings. The van der Waals surface area contributed by atoms with E-state index < -0.39 is 4.92 Å². The van der Waals surface area contributed by atoms with Crippen LogP contribution < -0.4 is 0 Å². The van der Waals surface area contributed by atoms with Crippen LogP contribution in [0, 0.1) is 17.0 Å². The van der Waals surface area contributed by atoms with Crippen molar-refractivity contribution in [2.24, 2.45) is 0 Å². The maximum absolute atomic E-state index is 12.2.